The fourth-order valence-corrected chi connectivity index (χ4v) is 6.33. The zero-order chi connectivity index (χ0) is 28.3. The number of aromatic nitrogens is 6. The predicted molar refractivity (Wildman–Crippen MR) is 176 cm³/mol. The normalized spacial score (nSPS) is 21.0. The van der Waals surface area contributed by atoms with Crippen LogP contribution in [0.5, 0.6) is 0 Å². The van der Waals surface area contributed by atoms with Crippen LogP contribution in [0.15, 0.2) is 95.2 Å². The number of fused-ring (bicyclic) bond motifs is 3. The van der Waals surface area contributed by atoms with Gasteiger partial charge < -0.3 is 31.2 Å². The van der Waals surface area contributed by atoms with Gasteiger partial charge in [0.25, 0.3) is 0 Å². The molecule has 6 N–H and O–H groups in total. The van der Waals surface area contributed by atoms with Gasteiger partial charge in [-0.2, -0.15) is 9.98 Å². The van der Waals surface area contributed by atoms with Gasteiger partial charge in [0.2, 0.25) is 35.1 Å². The van der Waals surface area contributed by atoms with E-state index >= 15 is 0 Å². The molecule has 14 heteroatoms. The van der Waals surface area contributed by atoms with Gasteiger partial charge in [0.1, 0.15) is 0 Å². The summed E-state index contributed by atoms with van der Waals surface area (Å²) in [5.41, 5.74) is 2.71. The van der Waals surface area contributed by atoms with Crippen LogP contribution in [0.1, 0.15) is 11.4 Å². The molecule has 2 aliphatic rings. The molecule has 0 aliphatic carbocycles. The Morgan fingerprint density at radius 2 is 1.02 bits per heavy atom. The van der Waals surface area contributed by atoms with Gasteiger partial charge in [-0.1, -0.05) is 12.1 Å². The number of nitrogens with zero attached hydrogens (tertiary/aromatic N) is 6. The first-order chi connectivity index (χ1) is 20.5. The Hall–Kier alpha value is -4.32. The predicted octanol–water partition coefficient (Wildman–Crippen LogP) is 4.21. The molecule has 8 rings (SSSR count). The average Bonchev–Trinajstić information content (AvgIpc) is 3.73. The van der Waals surface area contributed by atoms with E-state index in [-0.39, 0.29) is 0 Å². The molecule has 12 nitrogen and oxygen atoms in total. The van der Waals surface area contributed by atoms with E-state index in [2.05, 4.69) is 86.4 Å². The molecule has 0 spiro atoms. The zero-order valence-electron chi connectivity index (χ0n) is 21.5. The van der Waals surface area contributed by atoms with E-state index in [1.807, 2.05) is 72.8 Å². The lowest BCUT2D eigenvalue weighted by atomic mass is 9.88. The Labute approximate surface area is 265 Å². The molecule has 4 aromatic heterocycles. The summed E-state index contributed by atoms with van der Waals surface area (Å²) in [5, 5.41) is 14.3. The van der Waals surface area contributed by atoms with Crippen molar-refractivity contribution >= 4 is 91.1 Å². The maximum Gasteiger partial charge on any atom is 0.231 e. The number of rotatable bonds is 4. The minimum absolute atomic E-state index is 0.458. The third kappa shape index (κ3) is 4.07. The Morgan fingerprint density at radius 3 is 1.43 bits per heavy atom. The molecular weight excluding hydrogens is 758 g/mol. The van der Waals surface area contributed by atoms with Gasteiger partial charge in [-0.05, 0) is 106 Å². The second-order valence-electron chi connectivity index (χ2n) is 9.79. The first kappa shape index (κ1) is 25.4. The van der Waals surface area contributed by atoms with Gasteiger partial charge in [-0.25, -0.2) is 9.97 Å². The second kappa shape index (κ2) is 9.62. The molecule has 0 amide bonds. The van der Waals surface area contributed by atoms with Gasteiger partial charge in [0, 0.05) is 19.5 Å². The summed E-state index contributed by atoms with van der Waals surface area (Å²) < 4.78 is 2.19. The molecule has 0 saturated carbocycles. The number of aromatic amines is 2. The van der Waals surface area contributed by atoms with Crippen molar-refractivity contribution in [3.05, 3.63) is 104 Å². The largest absolute Gasteiger partial charge is 0.324 e. The van der Waals surface area contributed by atoms with Gasteiger partial charge in [-0.15, -0.1) is 0 Å². The summed E-state index contributed by atoms with van der Waals surface area (Å²) in [6, 6.07) is 23.6. The number of nitrogens with one attached hydrogen (secondary N) is 6. The van der Waals surface area contributed by atoms with Crippen molar-refractivity contribution in [2.45, 2.75) is 11.3 Å². The summed E-state index contributed by atoms with van der Waals surface area (Å²) in [6.07, 6.45) is 3.51. The third-order valence-corrected chi connectivity index (χ3v) is 8.53. The van der Waals surface area contributed by atoms with Crippen LogP contribution < -0.4 is 21.3 Å². The second-order valence-corrected chi connectivity index (χ2v) is 12.3. The van der Waals surface area contributed by atoms with Crippen LogP contribution >= 0.6 is 45.2 Å². The van der Waals surface area contributed by atoms with Crippen LogP contribution in [-0.4, -0.2) is 41.8 Å². The van der Waals surface area contributed by atoms with Crippen molar-refractivity contribution in [3.63, 3.8) is 0 Å². The number of guanidine groups is 2. The van der Waals surface area contributed by atoms with E-state index in [9.17, 15) is 0 Å². The number of H-pyrrole nitrogens is 2. The van der Waals surface area contributed by atoms with Crippen LogP contribution in [0.3, 0.4) is 0 Å². The Balaban J connectivity index is 1.27. The molecule has 2 aromatic carbocycles. The van der Waals surface area contributed by atoms with Crippen molar-refractivity contribution in [3.8, 4) is 0 Å². The number of halogens is 2. The molecule has 2 saturated heterocycles. The van der Waals surface area contributed by atoms with Gasteiger partial charge >= 0.3 is 0 Å². The van der Waals surface area contributed by atoms with E-state index in [4.69, 9.17) is 20.0 Å². The summed E-state index contributed by atoms with van der Waals surface area (Å²) >= 11 is 4.55. The molecule has 6 aromatic rings. The summed E-state index contributed by atoms with van der Waals surface area (Å²) in [6.45, 7) is 0. The Kier molecular flexibility index (Phi) is 5.82. The van der Waals surface area contributed by atoms with Gasteiger partial charge in [-0.3, -0.25) is 9.97 Å². The van der Waals surface area contributed by atoms with Crippen LogP contribution in [0.4, 0.5) is 11.9 Å². The quantitative estimate of drug-likeness (QED) is 0.146. The van der Waals surface area contributed by atoms with Crippen LogP contribution in [-0.2, 0) is 11.3 Å². The fraction of sp³-hybridized carbons (Fsp3) is 0.0714. The minimum Gasteiger partial charge on any atom is -0.324 e. The molecule has 0 atom stereocenters. The average molecular weight is 778 g/mol. The molecule has 206 valence electrons. The Morgan fingerprint density at radius 1 is 0.571 bits per heavy atom. The molecule has 42 heavy (non-hydrogen) atoms. The van der Waals surface area contributed by atoms with Crippen molar-refractivity contribution in [2.75, 3.05) is 0 Å². The number of pyridine rings is 2. The highest BCUT2D eigenvalue weighted by Gasteiger charge is 2.67. The highest BCUT2D eigenvalue weighted by Crippen LogP contribution is 2.42. The number of aliphatic imine (C=N–C) groups is 2. The molecule has 6 heterocycles. The number of hydrogen-bond acceptors (Lipinski definition) is 6. The maximum absolute atomic E-state index is 4.83. The standard InChI is InChI=1S/C28H20I2N12/c29-15-7-9-17-19(13-15)35-23(33-17)37-25-39-27(21-5-1-3-11-31-21)28(41-25,22-6-2-4-12-32-22)42-26(40-27)38-24-34-18-10-8-16(30)14-20(18)36-24/h1-14H,(H3,33,35,37,39,41)(H3,34,36,38,40,42). The van der Waals surface area contributed by atoms with E-state index in [1.54, 1.807) is 12.4 Å². The molecule has 2 fully saturated rings. The van der Waals surface area contributed by atoms with E-state index < -0.39 is 11.3 Å². The first-order valence-corrected chi connectivity index (χ1v) is 15.1. The summed E-state index contributed by atoms with van der Waals surface area (Å²) in [7, 11) is 0. The number of benzene rings is 2. The lowest BCUT2D eigenvalue weighted by Crippen LogP contribution is -2.61. The zero-order valence-corrected chi connectivity index (χ0v) is 25.8. The first-order valence-electron chi connectivity index (χ1n) is 12.9. The highest BCUT2D eigenvalue weighted by molar-refractivity contribution is 14.1. The molecule has 2 aliphatic heterocycles. The topological polar surface area (TPSA) is 156 Å². The number of imidazole rings is 2. The van der Waals surface area contributed by atoms with Crippen molar-refractivity contribution in [2.24, 2.45) is 9.98 Å². The smallest absolute Gasteiger partial charge is 0.231 e. The maximum atomic E-state index is 4.83. The minimum atomic E-state index is -1.08. The summed E-state index contributed by atoms with van der Waals surface area (Å²) in [4.78, 5) is 35.1. The van der Waals surface area contributed by atoms with Gasteiger partial charge in [0.15, 0.2) is 0 Å². The third-order valence-electron chi connectivity index (χ3n) is 7.18. The molecular formula is C28H20I2N12. The highest BCUT2D eigenvalue weighted by atomic mass is 127. The lowest BCUT2D eigenvalue weighted by molar-refractivity contribution is 0.197. The van der Waals surface area contributed by atoms with E-state index in [0.29, 0.717) is 35.2 Å². The molecule has 0 unspecified atom stereocenters. The van der Waals surface area contributed by atoms with Crippen molar-refractivity contribution < 1.29 is 0 Å². The van der Waals surface area contributed by atoms with E-state index in [1.165, 1.54) is 0 Å². The van der Waals surface area contributed by atoms with E-state index in [0.717, 1.165) is 29.2 Å². The Bertz CT molecular complexity index is 1870. The van der Waals surface area contributed by atoms with Crippen molar-refractivity contribution in [1.82, 2.24) is 51.2 Å². The summed E-state index contributed by atoms with van der Waals surface area (Å²) in [5.74, 6) is 1.86. The van der Waals surface area contributed by atoms with Gasteiger partial charge in [0.05, 0.1) is 33.5 Å². The lowest BCUT2D eigenvalue weighted by Gasteiger charge is -2.36. The van der Waals surface area contributed by atoms with Crippen LogP contribution in [0.2, 0.25) is 0 Å². The van der Waals surface area contributed by atoms with Crippen molar-refractivity contribution in [1.29, 1.82) is 0 Å². The molecule has 0 radical (unpaired) electrons. The monoisotopic (exact) mass is 778 g/mol. The van der Waals surface area contributed by atoms with Crippen LogP contribution in [0.25, 0.3) is 22.1 Å². The van der Waals surface area contributed by atoms with Crippen LogP contribution in [0, 0.1) is 7.14 Å². The number of hydrogen-bond donors (Lipinski definition) is 6. The SMILES string of the molecule is Ic1ccc2[nH]c(N=C3NC4(c5ccccn5)NC(=Nc5nc6cc(I)ccc6[nH]5)NC4(c4ccccn4)N3)nc2c1. The fourth-order valence-electron chi connectivity index (χ4n) is 5.38. The molecule has 0 bridgehead atoms.